The molecular formula is C18H15BrN2O3. The van der Waals surface area contributed by atoms with Crippen molar-refractivity contribution in [2.45, 2.75) is 13.0 Å². The van der Waals surface area contributed by atoms with Crippen molar-refractivity contribution < 1.29 is 9.53 Å². The zero-order valence-electron chi connectivity index (χ0n) is 12.8. The summed E-state index contributed by atoms with van der Waals surface area (Å²) in [6, 6.07) is 14.3. The van der Waals surface area contributed by atoms with Gasteiger partial charge in [-0.1, -0.05) is 24.3 Å². The Balaban J connectivity index is 1.59. The molecule has 0 atom stereocenters. The van der Waals surface area contributed by atoms with Crippen LogP contribution < -0.4 is 5.56 Å². The lowest BCUT2D eigenvalue weighted by atomic mass is 10.2. The molecule has 3 rings (SSSR count). The van der Waals surface area contributed by atoms with E-state index in [0.29, 0.717) is 33.9 Å². The second-order valence-electron chi connectivity index (χ2n) is 5.23. The van der Waals surface area contributed by atoms with Crippen LogP contribution in [0.4, 0.5) is 0 Å². The summed E-state index contributed by atoms with van der Waals surface area (Å²) in [6.45, 7) is 0.680. The molecule has 0 saturated carbocycles. The molecule has 24 heavy (non-hydrogen) atoms. The minimum Gasteiger partial charge on any atom is -0.462 e. The maximum absolute atomic E-state index is 12.3. The van der Waals surface area contributed by atoms with Gasteiger partial charge in [0.25, 0.3) is 5.56 Å². The van der Waals surface area contributed by atoms with Crippen LogP contribution in [-0.2, 0) is 11.3 Å². The Morgan fingerprint density at radius 3 is 2.71 bits per heavy atom. The third-order valence-corrected chi connectivity index (χ3v) is 4.29. The van der Waals surface area contributed by atoms with Crippen LogP contribution >= 0.6 is 15.9 Å². The molecule has 0 aliphatic rings. The number of para-hydroxylation sites is 1. The molecule has 0 bridgehead atoms. The first kappa shape index (κ1) is 16.4. The van der Waals surface area contributed by atoms with Crippen LogP contribution in [-0.4, -0.2) is 22.1 Å². The lowest BCUT2D eigenvalue weighted by Crippen LogP contribution is -2.21. The van der Waals surface area contributed by atoms with Crippen LogP contribution in [0.2, 0.25) is 0 Å². The van der Waals surface area contributed by atoms with Crippen molar-refractivity contribution in [2.75, 3.05) is 6.61 Å². The molecule has 0 N–H and O–H groups in total. The number of aryl methyl sites for hydroxylation is 1. The molecule has 1 aromatic heterocycles. The number of halogens is 1. The van der Waals surface area contributed by atoms with Gasteiger partial charge in [-0.15, -0.1) is 0 Å². The average Bonchev–Trinajstić information content (AvgIpc) is 2.61. The van der Waals surface area contributed by atoms with E-state index >= 15 is 0 Å². The number of aromatic nitrogens is 2. The van der Waals surface area contributed by atoms with Crippen molar-refractivity contribution in [2.24, 2.45) is 0 Å². The molecule has 0 unspecified atom stereocenters. The molecule has 1 heterocycles. The third kappa shape index (κ3) is 3.54. The summed E-state index contributed by atoms with van der Waals surface area (Å²) < 4.78 is 7.49. The molecular weight excluding hydrogens is 372 g/mol. The largest absolute Gasteiger partial charge is 0.462 e. The van der Waals surface area contributed by atoms with E-state index in [9.17, 15) is 9.59 Å². The summed E-state index contributed by atoms with van der Waals surface area (Å²) in [7, 11) is 0. The third-order valence-electron chi connectivity index (χ3n) is 3.60. The first-order valence-electron chi connectivity index (χ1n) is 7.52. The topological polar surface area (TPSA) is 61.2 Å². The van der Waals surface area contributed by atoms with Gasteiger partial charge in [0, 0.05) is 11.0 Å². The zero-order chi connectivity index (χ0) is 16.9. The van der Waals surface area contributed by atoms with E-state index in [-0.39, 0.29) is 18.1 Å². The molecule has 0 radical (unpaired) electrons. The normalized spacial score (nSPS) is 10.7. The lowest BCUT2D eigenvalue weighted by Gasteiger charge is -2.08. The predicted octanol–water partition coefficient (Wildman–Crippen LogP) is 3.41. The molecule has 6 heteroatoms. The molecule has 3 aromatic rings. The van der Waals surface area contributed by atoms with Crippen LogP contribution in [0.3, 0.4) is 0 Å². The Labute approximate surface area is 147 Å². The Hall–Kier alpha value is -2.47. The fourth-order valence-electron chi connectivity index (χ4n) is 2.37. The fourth-order valence-corrected chi connectivity index (χ4v) is 2.82. The van der Waals surface area contributed by atoms with E-state index < -0.39 is 0 Å². The maximum atomic E-state index is 12.3. The number of ether oxygens (including phenoxy) is 1. The Morgan fingerprint density at radius 1 is 1.12 bits per heavy atom. The second-order valence-corrected chi connectivity index (χ2v) is 6.08. The summed E-state index contributed by atoms with van der Waals surface area (Å²) in [4.78, 5) is 28.6. The maximum Gasteiger partial charge on any atom is 0.339 e. The standard InChI is InChI=1S/C18H15BrN2O3/c19-15-8-3-1-6-13(15)18(23)24-11-5-10-21-12-20-16-9-4-2-7-14(16)17(21)22/h1-4,6-9,12H,5,10-11H2. The molecule has 0 amide bonds. The SMILES string of the molecule is O=C(OCCCn1cnc2ccccc2c1=O)c1ccccc1Br. The molecule has 0 spiro atoms. The number of carbonyl (C=O) groups excluding carboxylic acids is 1. The minimum absolute atomic E-state index is 0.0854. The summed E-state index contributed by atoms with van der Waals surface area (Å²) in [6.07, 6.45) is 2.07. The number of carbonyl (C=O) groups is 1. The van der Waals surface area contributed by atoms with E-state index in [0.717, 1.165) is 0 Å². The van der Waals surface area contributed by atoms with Gasteiger partial charge in [-0.25, -0.2) is 9.78 Å². The molecule has 122 valence electrons. The summed E-state index contributed by atoms with van der Waals surface area (Å²) in [5.74, 6) is -0.383. The highest BCUT2D eigenvalue weighted by Crippen LogP contribution is 2.16. The van der Waals surface area contributed by atoms with E-state index in [1.165, 1.54) is 10.9 Å². The highest BCUT2D eigenvalue weighted by Gasteiger charge is 2.10. The lowest BCUT2D eigenvalue weighted by molar-refractivity contribution is 0.0494. The number of fused-ring (bicyclic) bond motifs is 1. The van der Waals surface area contributed by atoms with E-state index in [1.54, 1.807) is 30.3 Å². The quantitative estimate of drug-likeness (QED) is 0.497. The highest BCUT2D eigenvalue weighted by atomic mass is 79.9. The van der Waals surface area contributed by atoms with Crippen LogP contribution in [0.25, 0.3) is 10.9 Å². The first-order chi connectivity index (χ1) is 11.7. The molecule has 0 fully saturated rings. The molecule has 0 saturated heterocycles. The van der Waals surface area contributed by atoms with Gasteiger partial charge in [0.05, 0.1) is 29.4 Å². The fraction of sp³-hybridized carbons (Fsp3) is 0.167. The van der Waals surface area contributed by atoms with E-state index in [2.05, 4.69) is 20.9 Å². The van der Waals surface area contributed by atoms with Crippen LogP contribution in [0.1, 0.15) is 16.8 Å². The first-order valence-corrected chi connectivity index (χ1v) is 8.32. The van der Waals surface area contributed by atoms with Gasteiger partial charge in [0.15, 0.2) is 0 Å². The molecule has 2 aromatic carbocycles. The van der Waals surface area contributed by atoms with Gasteiger partial charge >= 0.3 is 5.97 Å². The predicted molar refractivity (Wildman–Crippen MR) is 95.0 cm³/mol. The number of esters is 1. The second kappa shape index (κ2) is 7.40. The smallest absolute Gasteiger partial charge is 0.339 e. The molecule has 0 aliphatic carbocycles. The van der Waals surface area contributed by atoms with Crippen LogP contribution in [0.5, 0.6) is 0 Å². The van der Waals surface area contributed by atoms with Gasteiger partial charge in [0.1, 0.15) is 0 Å². The number of benzene rings is 2. The zero-order valence-corrected chi connectivity index (χ0v) is 14.4. The number of hydrogen-bond acceptors (Lipinski definition) is 4. The summed E-state index contributed by atoms with van der Waals surface area (Å²) in [5, 5.41) is 0.588. The van der Waals surface area contributed by atoms with Gasteiger partial charge in [-0.2, -0.15) is 0 Å². The van der Waals surface area contributed by atoms with Crippen molar-refractivity contribution in [3.63, 3.8) is 0 Å². The average molecular weight is 387 g/mol. The number of hydrogen-bond donors (Lipinski definition) is 0. The van der Waals surface area contributed by atoms with Gasteiger partial charge in [-0.3, -0.25) is 9.36 Å². The van der Waals surface area contributed by atoms with Crippen molar-refractivity contribution in [3.05, 3.63) is 75.2 Å². The Kier molecular flexibility index (Phi) is 5.05. The number of rotatable bonds is 5. The summed E-state index contributed by atoms with van der Waals surface area (Å²) in [5.41, 5.74) is 1.08. The minimum atomic E-state index is -0.383. The van der Waals surface area contributed by atoms with Gasteiger partial charge in [0.2, 0.25) is 0 Å². The van der Waals surface area contributed by atoms with Crippen molar-refractivity contribution in [1.82, 2.24) is 9.55 Å². The van der Waals surface area contributed by atoms with Gasteiger partial charge < -0.3 is 4.74 Å². The van der Waals surface area contributed by atoms with Gasteiger partial charge in [-0.05, 0) is 46.6 Å². The van der Waals surface area contributed by atoms with E-state index in [4.69, 9.17) is 4.74 Å². The molecule has 0 aliphatic heterocycles. The molecule has 5 nitrogen and oxygen atoms in total. The van der Waals surface area contributed by atoms with Crippen LogP contribution in [0.15, 0.2) is 64.1 Å². The Bertz CT molecular complexity index is 937. The highest BCUT2D eigenvalue weighted by molar-refractivity contribution is 9.10. The monoisotopic (exact) mass is 386 g/mol. The summed E-state index contributed by atoms with van der Waals surface area (Å²) >= 11 is 3.32. The number of nitrogens with zero attached hydrogens (tertiary/aromatic N) is 2. The van der Waals surface area contributed by atoms with Crippen LogP contribution in [0, 0.1) is 0 Å². The van der Waals surface area contributed by atoms with Crippen molar-refractivity contribution >= 4 is 32.8 Å². The Morgan fingerprint density at radius 2 is 1.88 bits per heavy atom. The van der Waals surface area contributed by atoms with E-state index in [1.807, 2.05) is 18.2 Å². The van der Waals surface area contributed by atoms with Crippen molar-refractivity contribution in [1.29, 1.82) is 0 Å². The van der Waals surface area contributed by atoms with Crippen molar-refractivity contribution in [3.8, 4) is 0 Å².